The van der Waals surface area contributed by atoms with Crippen LogP contribution in [0.1, 0.15) is 31.8 Å². The third kappa shape index (κ3) is 4.54. The van der Waals surface area contributed by atoms with Crippen molar-refractivity contribution in [3.8, 4) is 0 Å². The minimum Gasteiger partial charge on any atom is -0.465 e. The number of hydrogen-bond donors (Lipinski definition) is 1. The lowest BCUT2D eigenvalue weighted by Crippen LogP contribution is -2.14. The van der Waals surface area contributed by atoms with Gasteiger partial charge in [-0.25, -0.2) is 4.79 Å². The van der Waals surface area contributed by atoms with Crippen LogP contribution in [0, 0.1) is 0 Å². The van der Waals surface area contributed by atoms with Gasteiger partial charge in [-0.05, 0) is 41.8 Å². The van der Waals surface area contributed by atoms with Crippen molar-refractivity contribution in [3.05, 3.63) is 100 Å². The zero-order valence-corrected chi connectivity index (χ0v) is 15.5. The van der Waals surface area contributed by atoms with E-state index in [0.717, 1.165) is 11.1 Å². The van der Waals surface area contributed by atoms with E-state index in [1.807, 2.05) is 48.5 Å². The first-order chi connectivity index (χ1) is 13.1. The van der Waals surface area contributed by atoms with Crippen molar-refractivity contribution in [1.82, 2.24) is 0 Å². The van der Waals surface area contributed by atoms with Gasteiger partial charge in [0.15, 0.2) is 0 Å². The molecule has 0 saturated carbocycles. The Morgan fingerprint density at radius 3 is 2.33 bits per heavy atom. The van der Waals surface area contributed by atoms with Crippen molar-refractivity contribution in [2.75, 3.05) is 12.4 Å². The standard InChI is InChI=1S/C22H18ClNO3/c1-27-22(26)19-12-11-17(14-20(19)23)24-21(25)18-10-6-5-9-16(18)13-15-7-3-2-4-8-15/h2-12,14H,13H2,1H3,(H,24,25). The zero-order valence-electron chi connectivity index (χ0n) is 14.7. The number of benzene rings is 3. The van der Waals surface area contributed by atoms with Crippen LogP contribution in [0.2, 0.25) is 5.02 Å². The molecule has 0 aliphatic carbocycles. The highest BCUT2D eigenvalue weighted by molar-refractivity contribution is 6.34. The van der Waals surface area contributed by atoms with Crippen LogP contribution >= 0.6 is 11.6 Å². The Kier molecular flexibility index (Phi) is 5.89. The summed E-state index contributed by atoms with van der Waals surface area (Å²) >= 11 is 6.12. The number of ether oxygens (including phenoxy) is 1. The molecule has 0 atom stereocenters. The van der Waals surface area contributed by atoms with E-state index in [4.69, 9.17) is 11.6 Å². The zero-order chi connectivity index (χ0) is 19.2. The molecule has 0 aliphatic heterocycles. The summed E-state index contributed by atoms with van der Waals surface area (Å²) in [6.45, 7) is 0. The van der Waals surface area contributed by atoms with Crippen LogP contribution in [0.15, 0.2) is 72.8 Å². The summed E-state index contributed by atoms with van der Waals surface area (Å²) in [6.07, 6.45) is 0.659. The number of nitrogens with one attached hydrogen (secondary N) is 1. The number of carbonyl (C=O) groups excluding carboxylic acids is 2. The molecule has 0 saturated heterocycles. The lowest BCUT2D eigenvalue weighted by atomic mass is 9.99. The van der Waals surface area contributed by atoms with E-state index in [1.165, 1.54) is 19.2 Å². The number of halogens is 1. The van der Waals surface area contributed by atoms with Gasteiger partial charge in [-0.2, -0.15) is 0 Å². The molecule has 0 heterocycles. The van der Waals surface area contributed by atoms with Gasteiger partial charge in [-0.1, -0.05) is 60.1 Å². The number of rotatable bonds is 5. The monoisotopic (exact) mass is 379 g/mol. The van der Waals surface area contributed by atoms with Crippen molar-refractivity contribution < 1.29 is 14.3 Å². The van der Waals surface area contributed by atoms with Crippen LogP contribution in [0.5, 0.6) is 0 Å². The SMILES string of the molecule is COC(=O)c1ccc(NC(=O)c2ccccc2Cc2ccccc2)cc1Cl. The highest BCUT2D eigenvalue weighted by Crippen LogP contribution is 2.23. The fourth-order valence-corrected chi connectivity index (χ4v) is 3.04. The van der Waals surface area contributed by atoms with Crippen molar-refractivity contribution in [2.24, 2.45) is 0 Å². The van der Waals surface area contributed by atoms with E-state index in [0.29, 0.717) is 17.7 Å². The van der Waals surface area contributed by atoms with Crippen molar-refractivity contribution in [2.45, 2.75) is 6.42 Å². The Morgan fingerprint density at radius 1 is 0.926 bits per heavy atom. The molecule has 3 aromatic carbocycles. The van der Waals surface area contributed by atoms with Crippen molar-refractivity contribution >= 4 is 29.2 Å². The minimum atomic E-state index is -0.522. The maximum absolute atomic E-state index is 12.8. The number of carbonyl (C=O) groups is 2. The molecule has 0 unspecified atom stereocenters. The van der Waals surface area contributed by atoms with Gasteiger partial charge >= 0.3 is 5.97 Å². The third-order valence-electron chi connectivity index (χ3n) is 4.13. The molecule has 0 aromatic heterocycles. The summed E-state index contributed by atoms with van der Waals surface area (Å²) in [6, 6.07) is 22.1. The second-order valence-corrected chi connectivity index (χ2v) is 6.37. The first kappa shape index (κ1) is 18.7. The molecule has 0 fully saturated rings. The average molecular weight is 380 g/mol. The number of anilines is 1. The van der Waals surface area contributed by atoms with Gasteiger partial charge in [0.25, 0.3) is 5.91 Å². The molecule has 0 bridgehead atoms. The number of esters is 1. The Morgan fingerprint density at radius 2 is 1.63 bits per heavy atom. The van der Waals surface area contributed by atoms with E-state index in [9.17, 15) is 9.59 Å². The topological polar surface area (TPSA) is 55.4 Å². The predicted molar refractivity (Wildman–Crippen MR) is 106 cm³/mol. The second-order valence-electron chi connectivity index (χ2n) is 5.96. The van der Waals surface area contributed by atoms with E-state index >= 15 is 0 Å². The molecule has 4 nitrogen and oxygen atoms in total. The lowest BCUT2D eigenvalue weighted by Gasteiger charge is -2.11. The summed E-state index contributed by atoms with van der Waals surface area (Å²) in [5.74, 6) is -0.755. The van der Waals surface area contributed by atoms with E-state index in [2.05, 4.69) is 10.1 Å². The van der Waals surface area contributed by atoms with Crippen LogP contribution in [0.25, 0.3) is 0 Å². The fourth-order valence-electron chi connectivity index (χ4n) is 2.78. The van der Waals surface area contributed by atoms with Crippen LogP contribution < -0.4 is 5.32 Å². The first-order valence-electron chi connectivity index (χ1n) is 8.39. The van der Waals surface area contributed by atoms with Crippen LogP contribution in [0.3, 0.4) is 0 Å². The van der Waals surface area contributed by atoms with Gasteiger partial charge in [-0.15, -0.1) is 0 Å². The summed E-state index contributed by atoms with van der Waals surface area (Å²) < 4.78 is 4.67. The van der Waals surface area contributed by atoms with Crippen LogP contribution in [-0.4, -0.2) is 19.0 Å². The molecule has 5 heteroatoms. The molecule has 1 amide bonds. The lowest BCUT2D eigenvalue weighted by molar-refractivity contribution is 0.0601. The van der Waals surface area contributed by atoms with Gasteiger partial charge in [0.05, 0.1) is 17.7 Å². The van der Waals surface area contributed by atoms with Gasteiger partial charge < -0.3 is 10.1 Å². The summed E-state index contributed by atoms with van der Waals surface area (Å²) in [4.78, 5) is 24.4. The van der Waals surface area contributed by atoms with E-state index in [1.54, 1.807) is 12.1 Å². The second kappa shape index (κ2) is 8.52. The average Bonchev–Trinajstić information content (AvgIpc) is 2.68. The quantitative estimate of drug-likeness (QED) is 0.637. The maximum atomic E-state index is 12.8. The van der Waals surface area contributed by atoms with Gasteiger partial charge in [0.1, 0.15) is 0 Å². The van der Waals surface area contributed by atoms with Gasteiger partial charge in [-0.3, -0.25) is 4.79 Å². The van der Waals surface area contributed by atoms with Crippen LogP contribution in [-0.2, 0) is 11.2 Å². The number of hydrogen-bond acceptors (Lipinski definition) is 3. The maximum Gasteiger partial charge on any atom is 0.339 e. The molecule has 136 valence electrons. The summed E-state index contributed by atoms with van der Waals surface area (Å²) in [7, 11) is 1.29. The molecule has 27 heavy (non-hydrogen) atoms. The van der Waals surface area contributed by atoms with Crippen molar-refractivity contribution in [1.29, 1.82) is 0 Å². The van der Waals surface area contributed by atoms with Gasteiger partial charge in [0, 0.05) is 11.3 Å². The fraction of sp³-hybridized carbons (Fsp3) is 0.0909. The normalized spacial score (nSPS) is 10.3. The molecule has 3 rings (SSSR count). The minimum absolute atomic E-state index is 0.220. The highest BCUT2D eigenvalue weighted by Gasteiger charge is 2.14. The smallest absolute Gasteiger partial charge is 0.339 e. The van der Waals surface area contributed by atoms with Crippen LogP contribution in [0.4, 0.5) is 5.69 Å². The Balaban J connectivity index is 1.81. The largest absolute Gasteiger partial charge is 0.465 e. The molecular weight excluding hydrogens is 362 g/mol. The van der Waals surface area contributed by atoms with Crippen molar-refractivity contribution in [3.63, 3.8) is 0 Å². The Hall–Kier alpha value is -3.11. The highest BCUT2D eigenvalue weighted by atomic mass is 35.5. The molecule has 3 aromatic rings. The third-order valence-corrected chi connectivity index (χ3v) is 4.44. The van der Waals surface area contributed by atoms with Gasteiger partial charge in [0.2, 0.25) is 0 Å². The Labute approximate surface area is 162 Å². The summed E-state index contributed by atoms with van der Waals surface area (Å²) in [5.41, 5.74) is 3.41. The first-order valence-corrected chi connectivity index (χ1v) is 8.77. The molecule has 1 N–H and O–H groups in total. The number of methoxy groups -OCH3 is 1. The van der Waals surface area contributed by atoms with E-state index < -0.39 is 5.97 Å². The Bertz CT molecular complexity index is 970. The molecule has 0 aliphatic rings. The molecular formula is C22H18ClNO3. The molecule has 0 radical (unpaired) electrons. The number of amides is 1. The van der Waals surface area contributed by atoms with E-state index in [-0.39, 0.29) is 16.5 Å². The predicted octanol–water partition coefficient (Wildman–Crippen LogP) is 4.97. The molecule has 0 spiro atoms. The summed E-state index contributed by atoms with van der Waals surface area (Å²) in [5, 5.41) is 3.05.